The summed E-state index contributed by atoms with van der Waals surface area (Å²) < 4.78 is 5.46. The van der Waals surface area contributed by atoms with E-state index in [0.717, 1.165) is 30.7 Å². The third kappa shape index (κ3) is 6.08. The van der Waals surface area contributed by atoms with Crippen LogP contribution in [0.15, 0.2) is 6.20 Å². The van der Waals surface area contributed by atoms with E-state index in [1.54, 1.807) is 6.20 Å². The molecule has 0 radical (unpaired) electrons. The van der Waals surface area contributed by atoms with E-state index in [-0.39, 0.29) is 23.8 Å². The Morgan fingerprint density at radius 1 is 1.40 bits per heavy atom. The Morgan fingerprint density at radius 2 is 2.12 bits per heavy atom. The Labute approximate surface area is 154 Å². The molecule has 0 bridgehead atoms. The molecule has 1 aromatic heterocycles. The van der Waals surface area contributed by atoms with Gasteiger partial charge in [-0.15, -0.1) is 11.3 Å². The van der Waals surface area contributed by atoms with Crippen molar-refractivity contribution < 1.29 is 14.3 Å². The first-order chi connectivity index (χ1) is 12.0. The highest BCUT2D eigenvalue weighted by Gasteiger charge is 2.28. The van der Waals surface area contributed by atoms with Crippen molar-refractivity contribution in [3.8, 4) is 0 Å². The van der Waals surface area contributed by atoms with Gasteiger partial charge in [0, 0.05) is 32.2 Å². The van der Waals surface area contributed by atoms with Crippen molar-refractivity contribution in [1.29, 1.82) is 0 Å². The lowest BCUT2D eigenvalue weighted by atomic mass is 9.96. The van der Waals surface area contributed by atoms with Gasteiger partial charge in [-0.05, 0) is 39.5 Å². The summed E-state index contributed by atoms with van der Waals surface area (Å²) in [6.07, 6.45) is 5.02. The quantitative estimate of drug-likeness (QED) is 0.717. The number of carbonyl (C=O) groups excluding carboxylic acids is 2. The first kappa shape index (κ1) is 19.8. The van der Waals surface area contributed by atoms with Gasteiger partial charge in [-0.2, -0.15) is 0 Å². The first-order valence-corrected chi connectivity index (χ1v) is 9.96. The molecule has 1 N–H and O–H groups in total. The third-order valence-corrected chi connectivity index (χ3v) is 5.42. The van der Waals surface area contributed by atoms with Crippen LogP contribution in [0.2, 0.25) is 0 Å². The topological polar surface area (TPSA) is 71.5 Å². The summed E-state index contributed by atoms with van der Waals surface area (Å²) in [6.45, 7) is 8.61. The Bertz CT molecular complexity index is 566. The van der Waals surface area contributed by atoms with E-state index < -0.39 is 0 Å². The van der Waals surface area contributed by atoms with Crippen molar-refractivity contribution in [2.24, 2.45) is 5.92 Å². The minimum Gasteiger partial charge on any atom is -0.379 e. The fourth-order valence-electron chi connectivity index (χ4n) is 2.82. The number of nitrogens with one attached hydrogen (secondary N) is 1. The van der Waals surface area contributed by atoms with E-state index >= 15 is 0 Å². The molecule has 0 unspecified atom stereocenters. The average Bonchev–Trinajstić information content (AvgIpc) is 3.09. The number of likely N-dealkylation sites (tertiary alicyclic amines) is 1. The summed E-state index contributed by atoms with van der Waals surface area (Å²) in [4.78, 5) is 31.5. The van der Waals surface area contributed by atoms with Crippen molar-refractivity contribution in [3.63, 3.8) is 0 Å². The number of rotatable bonds is 8. The maximum Gasteiger partial charge on any atom is 0.265 e. The van der Waals surface area contributed by atoms with Crippen LogP contribution in [0.25, 0.3) is 0 Å². The smallest absolute Gasteiger partial charge is 0.265 e. The molecule has 1 saturated heterocycles. The maximum absolute atomic E-state index is 12.5. The van der Waals surface area contributed by atoms with Crippen LogP contribution in [0.5, 0.6) is 0 Å². The van der Waals surface area contributed by atoms with E-state index in [4.69, 9.17) is 4.74 Å². The second kappa shape index (κ2) is 9.87. The molecular formula is C18H29N3O3S. The van der Waals surface area contributed by atoms with Gasteiger partial charge < -0.3 is 15.0 Å². The summed E-state index contributed by atoms with van der Waals surface area (Å²) in [7, 11) is 0. The maximum atomic E-state index is 12.5. The predicted molar refractivity (Wildman–Crippen MR) is 98.8 cm³/mol. The van der Waals surface area contributed by atoms with Crippen LogP contribution in [0, 0.1) is 5.92 Å². The minimum absolute atomic E-state index is 0.00253. The lowest BCUT2D eigenvalue weighted by Gasteiger charge is -2.31. The van der Waals surface area contributed by atoms with E-state index in [0.29, 0.717) is 31.1 Å². The molecule has 6 nitrogen and oxygen atoms in total. The van der Waals surface area contributed by atoms with Gasteiger partial charge in [0.05, 0.1) is 17.3 Å². The number of aryl methyl sites for hydroxylation is 1. The molecule has 0 atom stereocenters. The number of amides is 2. The van der Waals surface area contributed by atoms with E-state index in [9.17, 15) is 9.59 Å². The predicted octanol–water partition coefficient (Wildman–Crippen LogP) is 2.49. The summed E-state index contributed by atoms with van der Waals surface area (Å²) in [5.74, 6) is 0.146. The number of hydrogen-bond acceptors (Lipinski definition) is 5. The van der Waals surface area contributed by atoms with E-state index in [2.05, 4.69) is 10.3 Å². The number of nitrogens with zero attached hydrogens (tertiary/aromatic N) is 2. The van der Waals surface area contributed by atoms with Crippen LogP contribution >= 0.6 is 11.3 Å². The third-order valence-electron chi connectivity index (χ3n) is 4.29. The molecule has 2 amide bonds. The van der Waals surface area contributed by atoms with Gasteiger partial charge >= 0.3 is 0 Å². The van der Waals surface area contributed by atoms with Crippen LogP contribution in [0.1, 0.15) is 54.7 Å². The van der Waals surface area contributed by atoms with Crippen molar-refractivity contribution in [2.45, 2.75) is 52.6 Å². The van der Waals surface area contributed by atoms with Crippen molar-refractivity contribution >= 4 is 23.2 Å². The molecule has 0 saturated carbocycles. The highest BCUT2D eigenvalue weighted by molar-refractivity contribution is 7.13. The summed E-state index contributed by atoms with van der Waals surface area (Å²) in [6, 6.07) is 0. The molecule has 1 aromatic rings. The molecule has 2 heterocycles. The minimum atomic E-state index is 0.00253. The largest absolute Gasteiger partial charge is 0.379 e. The van der Waals surface area contributed by atoms with Gasteiger partial charge in [-0.25, -0.2) is 4.98 Å². The number of hydrogen-bond donors (Lipinski definition) is 1. The van der Waals surface area contributed by atoms with E-state index in [1.807, 2.05) is 25.7 Å². The lowest BCUT2D eigenvalue weighted by Crippen LogP contribution is -2.43. The molecule has 0 spiro atoms. The molecule has 0 aliphatic carbocycles. The SMILES string of the molecule is CCc1ncc(C(=O)N2CCC(C(=O)NCCCOC(C)C)CC2)s1. The molecule has 1 aliphatic rings. The van der Waals surface area contributed by atoms with Gasteiger partial charge in [-0.1, -0.05) is 6.92 Å². The number of aromatic nitrogens is 1. The number of ether oxygens (including phenoxy) is 1. The van der Waals surface area contributed by atoms with Crippen LogP contribution in [0.4, 0.5) is 0 Å². The second-order valence-corrected chi connectivity index (χ2v) is 7.72. The molecule has 1 aliphatic heterocycles. The molecule has 7 heteroatoms. The van der Waals surface area contributed by atoms with Crippen molar-refractivity contribution in [3.05, 3.63) is 16.1 Å². The fourth-order valence-corrected chi connectivity index (χ4v) is 3.65. The Kier molecular flexibility index (Phi) is 7.84. The average molecular weight is 368 g/mol. The monoisotopic (exact) mass is 367 g/mol. The lowest BCUT2D eigenvalue weighted by molar-refractivity contribution is -0.126. The summed E-state index contributed by atoms with van der Waals surface area (Å²) >= 11 is 1.47. The van der Waals surface area contributed by atoms with E-state index in [1.165, 1.54) is 11.3 Å². The van der Waals surface area contributed by atoms with Gasteiger partial charge in [0.1, 0.15) is 4.88 Å². The highest BCUT2D eigenvalue weighted by Crippen LogP contribution is 2.21. The zero-order valence-electron chi connectivity index (χ0n) is 15.4. The normalized spacial score (nSPS) is 15.6. The molecule has 2 rings (SSSR count). The molecule has 140 valence electrons. The number of carbonyl (C=O) groups is 2. The van der Waals surface area contributed by atoms with Crippen LogP contribution < -0.4 is 5.32 Å². The van der Waals surface area contributed by atoms with Crippen molar-refractivity contribution in [2.75, 3.05) is 26.2 Å². The number of piperidine rings is 1. The molecule has 25 heavy (non-hydrogen) atoms. The van der Waals surface area contributed by atoms with Crippen LogP contribution in [0.3, 0.4) is 0 Å². The van der Waals surface area contributed by atoms with Crippen molar-refractivity contribution in [1.82, 2.24) is 15.2 Å². The fraction of sp³-hybridized carbons (Fsp3) is 0.722. The summed E-state index contributed by atoms with van der Waals surface area (Å²) in [5, 5.41) is 3.97. The van der Waals surface area contributed by atoms with Crippen LogP contribution in [-0.4, -0.2) is 54.0 Å². The first-order valence-electron chi connectivity index (χ1n) is 9.14. The van der Waals surface area contributed by atoms with Gasteiger partial charge in [0.15, 0.2) is 0 Å². The van der Waals surface area contributed by atoms with Gasteiger partial charge in [0.2, 0.25) is 5.91 Å². The van der Waals surface area contributed by atoms with Gasteiger partial charge in [-0.3, -0.25) is 9.59 Å². The molecule has 1 fully saturated rings. The molecular weight excluding hydrogens is 338 g/mol. The van der Waals surface area contributed by atoms with Crippen LogP contribution in [-0.2, 0) is 16.0 Å². The number of thiazole rings is 1. The Morgan fingerprint density at radius 3 is 2.72 bits per heavy atom. The zero-order valence-corrected chi connectivity index (χ0v) is 16.2. The second-order valence-electron chi connectivity index (χ2n) is 6.60. The molecule has 0 aromatic carbocycles. The Hall–Kier alpha value is -1.47. The standard InChI is InChI=1S/C18H29N3O3S/c1-4-16-20-12-15(25-16)18(23)21-9-6-14(7-10-21)17(22)19-8-5-11-24-13(2)3/h12-14H,4-11H2,1-3H3,(H,19,22). The Balaban J connectivity index is 1.70. The summed E-state index contributed by atoms with van der Waals surface area (Å²) in [5.41, 5.74) is 0. The zero-order chi connectivity index (χ0) is 18.2. The highest BCUT2D eigenvalue weighted by atomic mass is 32.1. The van der Waals surface area contributed by atoms with Gasteiger partial charge in [0.25, 0.3) is 5.91 Å².